The van der Waals surface area contributed by atoms with Crippen molar-refractivity contribution >= 4 is 17.9 Å². The number of hydrogen-bond acceptors (Lipinski definition) is 4. The largest absolute Gasteiger partial charge is 0.392 e. The van der Waals surface area contributed by atoms with Gasteiger partial charge in [-0.05, 0) is 32.1 Å². The number of likely N-dealkylation sites (N-methyl/N-ethyl adjacent to an activating group) is 1. The molecule has 0 aromatic carbocycles. The minimum Gasteiger partial charge on any atom is -0.392 e. The zero-order valence-electron chi connectivity index (χ0n) is 18.0. The van der Waals surface area contributed by atoms with Crippen LogP contribution in [0.1, 0.15) is 96.8 Å². The SMILES string of the molecule is CCCCCCCC/C=C/CCCCCCCC(=O)OC(=O)CN(C)C(=N)N. The van der Waals surface area contributed by atoms with Gasteiger partial charge in [0, 0.05) is 13.5 Å². The molecule has 6 heteroatoms. The van der Waals surface area contributed by atoms with E-state index in [9.17, 15) is 9.59 Å². The maximum absolute atomic E-state index is 11.6. The van der Waals surface area contributed by atoms with Gasteiger partial charge in [-0.3, -0.25) is 10.2 Å². The molecule has 0 saturated heterocycles. The quantitative estimate of drug-likeness (QED) is 0.0910. The number of nitrogens with one attached hydrogen (secondary N) is 1. The Kier molecular flexibility index (Phi) is 17.3. The monoisotopic (exact) mass is 395 g/mol. The molecule has 0 radical (unpaired) electrons. The molecule has 3 N–H and O–H groups in total. The Hall–Kier alpha value is -1.85. The maximum Gasteiger partial charge on any atom is 0.333 e. The van der Waals surface area contributed by atoms with Crippen LogP contribution in [0.15, 0.2) is 12.2 Å². The number of ether oxygens (including phenoxy) is 1. The Morgan fingerprint density at radius 3 is 1.89 bits per heavy atom. The molecule has 0 bridgehead atoms. The number of esters is 2. The Bertz CT molecular complexity index is 464. The molecule has 28 heavy (non-hydrogen) atoms. The van der Waals surface area contributed by atoms with Crippen molar-refractivity contribution in [2.45, 2.75) is 96.8 Å². The lowest BCUT2D eigenvalue weighted by atomic mass is 10.1. The average Bonchev–Trinajstić information content (AvgIpc) is 2.64. The van der Waals surface area contributed by atoms with Gasteiger partial charge in [-0.2, -0.15) is 0 Å². The van der Waals surface area contributed by atoms with Gasteiger partial charge < -0.3 is 15.4 Å². The number of guanidine groups is 1. The highest BCUT2D eigenvalue weighted by atomic mass is 16.6. The van der Waals surface area contributed by atoms with Crippen molar-refractivity contribution in [3.63, 3.8) is 0 Å². The van der Waals surface area contributed by atoms with E-state index in [1.807, 2.05) is 0 Å². The summed E-state index contributed by atoms with van der Waals surface area (Å²) in [5.41, 5.74) is 5.23. The highest BCUT2D eigenvalue weighted by Crippen LogP contribution is 2.10. The molecule has 0 aliphatic heterocycles. The van der Waals surface area contributed by atoms with E-state index < -0.39 is 11.9 Å². The molecule has 0 fully saturated rings. The summed E-state index contributed by atoms with van der Waals surface area (Å²) in [7, 11) is 1.50. The van der Waals surface area contributed by atoms with Crippen LogP contribution in [0.2, 0.25) is 0 Å². The average molecular weight is 396 g/mol. The van der Waals surface area contributed by atoms with E-state index in [4.69, 9.17) is 15.9 Å². The lowest BCUT2D eigenvalue weighted by Gasteiger charge is -2.14. The predicted molar refractivity (Wildman–Crippen MR) is 115 cm³/mol. The van der Waals surface area contributed by atoms with Gasteiger partial charge in [0.1, 0.15) is 6.54 Å². The normalized spacial score (nSPS) is 10.9. The van der Waals surface area contributed by atoms with Crippen molar-refractivity contribution in [3.05, 3.63) is 12.2 Å². The maximum atomic E-state index is 11.6. The van der Waals surface area contributed by atoms with E-state index in [0.29, 0.717) is 0 Å². The van der Waals surface area contributed by atoms with E-state index >= 15 is 0 Å². The molecule has 0 spiro atoms. The summed E-state index contributed by atoms with van der Waals surface area (Å²) in [5, 5.41) is 7.16. The summed E-state index contributed by atoms with van der Waals surface area (Å²) in [4.78, 5) is 24.3. The number of allylic oxidation sites excluding steroid dienone is 2. The number of rotatable bonds is 17. The highest BCUT2D eigenvalue weighted by Gasteiger charge is 2.13. The molecule has 0 unspecified atom stereocenters. The first-order valence-electron chi connectivity index (χ1n) is 10.9. The van der Waals surface area contributed by atoms with Crippen LogP contribution >= 0.6 is 0 Å². The smallest absolute Gasteiger partial charge is 0.333 e. The number of nitrogens with zero attached hydrogens (tertiary/aromatic N) is 1. The van der Waals surface area contributed by atoms with Crippen molar-refractivity contribution in [2.24, 2.45) is 5.73 Å². The number of nitrogens with two attached hydrogens (primary N) is 1. The van der Waals surface area contributed by atoms with Crippen LogP contribution in [-0.2, 0) is 14.3 Å². The van der Waals surface area contributed by atoms with Crippen LogP contribution in [0.3, 0.4) is 0 Å². The van der Waals surface area contributed by atoms with Crippen LogP contribution in [0.5, 0.6) is 0 Å². The number of carbonyl (C=O) groups excluding carboxylic acids is 2. The standard InChI is InChI=1S/C22H41N3O3/c1-3-4-5-6-7-8-9-10-11-12-13-14-15-16-17-18-20(26)28-21(27)19-25(2)22(23)24/h10-11H,3-9,12-19H2,1-2H3,(H3,23,24)/b11-10+. The third kappa shape index (κ3) is 17.6. The summed E-state index contributed by atoms with van der Waals surface area (Å²) in [5.74, 6) is -1.41. The fraction of sp³-hybridized carbons (Fsp3) is 0.773. The zero-order chi connectivity index (χ0) is 21.0. The molecule has 0 aliphatic rings. The van der Waals surface area contributed by atoms with Crippen molar-refractivity contribution < 1.29 is 14.3 Å². The second-order valence-electron chi connectivity index (χ2n) is 7.42. The minimum absolute atomic E-state index is 0.187. The lowest BCUT2D eigenvalue weighted by molar-refractivity contribution is -0.159. The van der Waals surface area contributed by atoms with Gasteiger partial charge >= 0.3 is 11.9 Å². The molecule has 0 aromatic rings. The molecule has 6 nitrogen and oxygen atoms in total. The number of unbranched alkanes of at least 4 members (excludes halogenated alkanes) is 11. The first-order valence-corrected chi connectivity index (χ1v) is 10.9. The van der Waals surface area contributed by atoms with Crippen LogP contribution in [0.4, 0.5) is 0 Å². The molecule has 0 rings (SSSR count). The van der Waals surface area contributed by atoms with Crippen LogP contribution in [0, 0.1) is 5.41 Å². The molecular formula is C22H41N3O3. The fourth-order valence-corrected chi connectivity index (χ4v) is 2.83. The minimum atomic E-state index is -0.671. The van der Waals surface area contributed by atoms with Gasteiger partial charge in [-0.15, -0.1) is 0 Å². The van der Waals surface area contributed by atoms with Crippen molar-refractivity contribution in [2.75, 3.05) is 13.6 Å². The first kappa shape index (κ1) is 26.1. The summed E-state index contributed by atoms with van der Waals surface area (Å²) in [6.45, 7) is 2.06. The van der Waals surface area contributed by atoms with E-state index in [0.717, 1.165) is 25.7 Å². The molecule has 0 atom stereocenters. The van der Waals surface area contributed by atoms with Crippen molar-refractivity contribution in [3.8, 4) is 0 Å². The van der Waals surface area contributed by atoms with Gasteiger partial charge in [0.2, 0.25) is 0 Å². The summed E-state index contributed by atoms with van der Waals surface area (Å²) in [6.07, 6.45) is 20.5. The van der Waals surface area contributed by atoms with Gasteiger partial charge in [0.05, 0.1) is 0 Å². The van der Waals surface area contributed by atoms with E-state index in [-0.39, 0.29) is 18.9 Å². The molecule has 0 aromatic heterocycles. The molecule has 162 valence electrons. The third-order valence-electron chi connectivity index (χ3n) is 4.65. The van der Waals surface area contributed by atoms with Gasteiger partial charge in [-0.1, -0.05) is 70.4 Å². The molecule has 0 saturated carbocycles. The predicted octanol–water partition coefficient (Wildman–Crippen LogP) is 4.92. The van der Waals surface area contributed by atoms with Gasteiger partial charge in [-0.25, -0.2) is 4.79 Å². The van der Waals surface area contributed by atoms with Gasteiger partial charge in [0.15, 0.2) is 5.96 Å². The fourth-order valence-electron chi connectivity index (χ4n) is 2.83. The van der Waals surface area contributed by atoms with Crippen LogP contribution in [-0.4, -0.2) is 36.4 Å². The topological polar surface area (TPSA) is 96.5 Å². The molecule has 0 amide bonds. The Balaban J connectivity index is 3.42. The van der Waals surface area contributed by atoms with E-state index in [1.54, 1.807) is 0 Å². The molecular weight excluding hydrogens is 354 g/mol. The van der Waals surface area contributed by atoms with Crippen LogP contribution in [0.25, 0.3) is 0 Å². The Morgan fingerprint density at radius 2 is 1.36 bits per heavy atom. The zero-order valence-corrected chi connectivity index (χ0v) is 18.0. The second-order valence-corrected chi connectivity index (χ2v) is 7.42. The van der Waals surface area contributed by atoms with E-state index in [2.05, 4.69) is 19.1 Å². The second kappa shape index (κ2) is 18.5. The summed E-state index contributed by atoms with van der Waals surface area (Å²) in [6, 6.07) is 0. The third-order valence-corrected chi connectivity index (χ3v) is 4.65. The molecule has 0 aliphatic carbocycles. The summed E-state index contributed by atoms with van der Waals surface area (Å²) >= 11 is 0. The Morgan fingerprint density at radius 1 is 0.857 bits per heavy atom. The summed E-state index contributed by atoms with van der Waals surface area (Å²) < 4.78 is 4.71. The van der Waals surface area contributed by atoms with Crippen molar-refractivity contribution in [1.82, 2.24) is 4.90 Å². The van der Waals surface area contributed by atoms with Crippen LogP contribution < -0.4 is 5.73 Å². The Labute approximate surface area is 171 Å². The van der Waals surface area contributed by atoms with Crippen molar-refractivity contribution in [1.29, 1.82) is 5.41 Å². The van der Waals surface area contributed by atoms with Gasteiger partial charge in [0.25, 0.3) is 0 Å². The first-order chi connectivity index (χ1) is 13.5. The highest BCUT2D eigenvalue weighted by molar-refractivity contribution is 5.88. The van der Waals surface area contributed by atoms with E-state index in [1.165, 1.54) is 69.7 Å². The lowest BCUT2D eigenvalue weighted by Crippen LogP contribution is -2.37. The number of hydrogen-bond donors (Lipinski definition) is 2. The molecule has 0 heterocycles. The number of carbonyl (C=O) groups is 2.